The minimum Gasteiger partial charge on any atom is -0.756 e. The zero-order valence-electron chi connectivity index (χ0n) is 10.3. The van der Waals surface area contributed by atoms with E-state index >= 15 is 0 Å². The van der Waals surface area contributed by atoms with Crippen LogP contribution in [0.25, 0.3) is 0 Å². The van der Waals surface area contributed by atoms with Gasteiger partial charge in [-0.15, -0.1) is 0 Å². The molecule has 0 rings (SSSR count). The molecule has 1 atom stereocenters. The summed E-state index contributed by atoms with van der Waals surface area (Å²) in [5.74, 6) is -0.0204. The van der Waals surface area contributed by atoms with E-state index in [4.69, 9.17) is 4.89 Å². The molecule has 0 aliphatic carbocycles. The summed E-state index contributed by atoms with van der Waals surface area (Å²) < 4.78 is 15.1. The molecule has 2 N–H and O–H groups in total. The van der Waals surface area contributed by atoms with Crippen molar-refractivity contribution < 1.29 is 28.5 Å². The first kappa shape index (κ1) is 17.1. The molecular formula is C11H20NO5P. The third-order valence-corrected chi connectivity index (χ3v) is 2.88. The van der Waals surface area contributed by atoms with Crippen LogP contribution in [0, 0.1) is 0 Å². The number of aliphatic hydroxyl groups excluding tert-OH is 1. The van der Waals surface area contributed by atoms with Gasteiger partial charge in [0.1, 0.15) is 25.5 Å². The fourth-order valence-corrected chi connectivity index (χ4v) is 2.06. The molecule has 0 radical (unpaired) electrons. The molecular weight excluding hydrogens is 257 g/mol. The van der Waals surface area contributed by atoms with Crippen LogP contribution in [0.5, 0.6) is 0 Å². The lowest BCUT2D eigenvalue weighted by molar-refractivity contribution is -0.914. The Morgan fingerprint density at radius 3 is 2.22 bits per heavy atom. The molecule has 0 spiro atoms. The van der Waals surface area contributed by atoms with Gasteiger partial charge in [0.25, 0.3) is 7.82 Å². The van der Waals surface area contributed by atoms with E-state index in [1.807, 2.05) is 0 Å². The monoisotopic (exact) mass is 277 g/mol. The minimum absolute atomic E-state index is 0.0204. The van der Waals surface area contributed by atoms with Crippen molar-refractivity contribution in [1.29, 1.82) is 0 Å². The first-order valence-corrected chi connectivity index (χ1v) is 6.86. The lowest BCUT2D eigenvalue weighted by Gasteiger charge is -2.36. The van der Waals surface area contributed by atoms with Crippen molar-refractivity contribution in [2.45, 2.75) is 0 Å². The van der Waals surface area contributed by atoms with Crippen LogP contribution in [0.1, 0.15) is 0 Å². The predicted octanol–water partition coefficient (Wildman–Crippen LogP) is 0.724. The number of phosphoric ester groups is 1. The smallest absolute Gasteiger partial charge is 0.265 e. The molecule has 0 aromatic rings. The van der Waals surface area contributed by atoms with Crippen molar-refractivity contribution in [2.24, 2.45) is 0 Å². The Bertz CT molecular complexity index is 339. The minimum atomic E-state index is -4.72. The maximum absolute atomic E-state index is 10.5. The molecule has 7 heteroatoms. The van der Waals surface area contributed by atoms with Crippen LogP contribution in [0.2, 0.25) is 0 Å². The van der Waals surface area contributed by atoms with Crippen molar-refractivity contribution >= 4 is 7.82 Å². The average Bonchev–Trinajstić information content (AvgIpc) is 2.14. The van der Waals surface area contributed by atoms with Crippen molar-refractivity contribution in [1.82, 2.24) is 0 Å². The highest BCUT2D eigenvalue weighted by Crippen LogP contribution is 2.30. The third kappa shape index (κ3) is 7.42. The Labute approximate surface area is 107 Å². The summed E-state index contributed by atoms with van der Waals surface area (Å²) in [4.78, 5) is 19.0. The van der Waals surface area contributed by atoms with Crippen LogP contribution >= 0.6 is 7.82 Å². The Balaban J connectivity index is 4.70. The number of nitrogens with zero attached hydrogens (tertiary/aromatic N) is 1. The van der Waals surface area contributed by atoms with Crippen molar-refractivity contribution in [2.75, 3.05) is 32.8 Å². The van der Waals surface area contributed by atoms with Crippen LogP contribution in [-0.4, -0.2) is 47.3 Å². The molecule has 0 amide bonds. The van der Waals surface area contributed by atoms with E-state index in [1.54, 1.807) is 12.2 Å². The van der Waals surface area contributed by atoms with Gasteiger partial charge in [-0.05, 0) is 12.2 Å². The molecule has 6 nitrogen and oxygen atoms in total. The van der Waals surface area contributed by atoms with Gasteiger partial charge in [0.2, 0.25) is 0 Å². The van der Waals surface area contributed by atoms with E-state index < -0.39 is 7.82 Å². The summed E-state index contributed by atoms with van der Waals surface area (Å²) in [7, 11) is -4.72. The first-order chi connectivity index (χ1) is 8.24. The Kier molecular flexibility index (Phi) is 7.13. The third-order valence-electron chi connectivity index (χ3n) is 2.37. The van der Waals surface area contributed by atoms with E-state index in [9.17, 15) is 14.6 Å². The van der Waals surface area contributed by atoms with E-state index in [2.05, 4.69) is 24.3 Å². The summed E-state index contributed by atoms with van der Waals surface area (Å²) in [6, 6.07) is 0. The summed E-state index contributed by atoms with van der Waals surface area (Å²) in [6.45, 7) is 12.0. The van der Waals surface area contributed by atoms with Crippen LogP contribution < -0.4 is 4.89 Å². The van der Waals surface area contributed by atoms with Gasteiger partial charge in [0, 0.05) is 0 Å². The fraction of sp³-hybridized carbons (Fsp3) is 0.455. The average molecular weight is 277 g/mol. The molecule has 0 aromatic heterocycles. The molecule has 104 valence electrons. The van der Waals surface area contributed by atoms with Gasteiger partial charge in [-0.2, -0.15) is 0 Å². The highest BCUT2D eigenvalue weighted by Gasteiger charge is 2.26. The molecule has 1 unspecified atom stereocenters. The molecule has 0 saturated heterocycles. The zero-order valence-corrected chi connectivity index (χ0v) is 11.2. The molecule has 0 aliphatic rings. The van der Waals surface area contributed by atoms with Crippen LogP contribution in [0.3, 0.4) is 0 Å². The highest BCUT2D eigenvalue weighted by atomic mass is 31.2. The van der Waals surface area contributed by atoms with Crippen LogP contribution in [0.15, 0.2) is 37.6 Å². The molecule has 0 aliphatic heterocycles. The molecule has 0 heterocycles. The lowest BCUT2D eigenvalue weighted by Crippen LogP contribution is -2.51. The predicted molar refractivity (Wildman–Crippen MR) is 67.7 cm³/mol. The Morgan fingerprint density at radius 2 is 1.89 bits per heavy atom. The molecule has 0 fully saturated rings. The number of rotatable bonds is 10. The number of hydrogen-bond donors (Lipinski definition) is 2. The number of hydrogen-bond acceptors (Lipinski definition) is 4. The summed E-state index contributed by atoms with van der Waals surface area (Å²) in [5.41, 5.74) is 0. The van der Waals surface area contributed by atoms with Crippen molar-refractivity contribution in [3.8, 4) is 0 Å². The largest absolute Gasteiger partial charge is 0.756 e. The maximum Gasteiger partial charge on any atom is 0.265 e. The van der Waals surface area contributed by atoms with Crippen molar-refractivity contribution in [3.05, 3.63) is 37.6 Å². The Hall–Kier alpha value is -0.910. The summed E-state index contributed by atoms with van der Waals surface area (Å²) in [6.07, 6.45) is 3.31. The Morgan fingerprint density at radius 1 is 1.39 bits per heavy atom. The van der Waals surface area contributed by atoms with E-state index in [1.165, 1.54) is 0 Å². The second-order valence-corrected chi connectivity index (χ2v) is 5.23. The van der Waals surface area contributed by atoms with Gasteiger partial charge >= 0.3 is 0 Å². The van der Waals surface area contributed by atoms with Gasteiger partial charge in [-0.1, -0.05) is 19.7 Å². The SMILES string of the molecule is C=CC[N+](CC=C)(CCOP(=O)([O-])O)CC(=C)O. The van der Waals surface area contributed by atoms with Gasteiger partial charge < -0.3 is 23.9 Å². The standard InChI is InChI=1S/C11H20NO5P/c1-4-6-12(7-5-2,10-11(3)13)8-9-17-18(14,15)16/h4-5H,1-3,6-10H2,(H2-,13,14,15,16). The topological polar surface area (TPSA) is 89.8 Å². The number of phosphoric acid groups is 1. The van der Waals surface area contributed by atoms with Crippen LogP contribution in [-0.2, 0) is 9.09 Å². The van der Waals surface area contributed by atoms with E-state index in [0.717, 1.165) is 0 Å². The molecule has 18 heavy (non-hydrogen) atoms. The molecule has 0 saturated carbocycles. The second kappa shape index (κ2) is 7.51. The van der Waals surface area contributed by atoms with Gasteiger partial charge in [0.15, 0.2) is 0 Å². The quantitative estimate of drug-likeness (QED) is 0.266. The van der Waals surface area contributed by atoms with Gasteiger partial charge in [-0.25, -0.2) is 0 Å². The highest BCUT2D eigenvalue weighted by molar-refractivity contribution is 7.44. The molecule has 0 bridgehead atoms. The van der Waals surface area contributed by atoms with E-state index in [-0.39, 0.29) is 29.9 Å². The summed E-state index contributed by atoms with van der Waals surface area (Å²) in [5, 5.41) is 9.32. The fourth-order valence-electron chi connectivity index (χ4n) is 1.75. The van der Waals surface area contributed by atoms with Gasteiger partial charge in [-0.3, -0.25) is 4.57 Å². The molecule has 0 aromatic carbocycles. The normalized spacial score (nSPS) is 14.8. The first-order valence-electron chi connectivity index (χ1n) is 5.37. The second-order valence-electron chi connectivity index (χ2n) is 4.03. The summed E-state index contributed by atoms with van der Waals surface area (Å²) >= 11 is 0. The van der Waals surface area contributed by atoms with E-state index in [0.29, 0.717) is 13.1 Å². The van der Waals surface area contributed by atoms with Gasteiger partial charge in [0.05, 0.1) is 13.1 Å². The maximum atomic E-state index is 10.5. The lowest BCUT2D eigenvalue weighted by atomic mass is 10.3. The van der Waals surface area contributed by atoms with Crippen molar-refractivity contribution in [3.63, 3.8) is 0 Å². The van der Waals surface area contributed by atoms with Crippen LogP contribution in [0.4, 0.5) is 0 Å². The number of aliphatic hydroxyl groups is 1. The number of quaternary nitrogens is 1. The zero-order chi connectivity index (χ0) is 14.2.